The quantitative estimate of drug-likeness (QED) is 0.873. The van der Waals surface area contributed by atoms with Gasteiger partial charge in [-0.2, -0.15) is 0 Å². The maximum Gasteiger partial charge on any atom is 0.315 e. The first-order valence-electron chi connectivity index (χ1n) is 7.73. The zero-order valence-electron chi connectivity index (χ0n) is 13.1. The third-order valence-corrected chi connectivity index (χ3v) is 4.10. The third kappa shape index (κ3) is 5.01. The summed E-state index contributed by atoms with van der Waals surface area (Å²) in [6.45, 7) is 7.84. The number of piperidine rings is 1. The number of amides is 2. The summed E-state index contributed by atoms with van der Waals surface area (Å²) in [5.74, 6) is 0. The molecule has 2 rings (SSSR count). The summed E-state index contributed by atoms with van der Waals surface area (Å²) in [6.07, 6.45) is 7.31. The van der Waals surface area contributed by atoms with Crippen LogP contribution in [0.2, 0.25) is 0 Å². The van der Waals surface area contributed by atoms with Gasteiger partial charge in [-0.1, -0.05) is 6.42 Å². The van der Waals surface area contributed by atoms with E-state index < -0.39 is 0 Å². The van der Waals surface area contributed by atoms with Gasteiger partial charge >= 0.3 is 6.03 Å². The maximum atomic E-state index is 11.9. The number of carbonyl (C=O) groups excluding carboxylic acids is 1. The molecule has 0 aliphatic carbocycles. The van der Waals surface area contributed by atoms with Gasteiger partial charge in [0.05, 0.1) is 0 Å². The molecule has 0 saturated carbocycles. The standard InChI is InChI=1S/C16H26N4O/c1-16(2,20-10-4-3-5-11-20)13-19-15(21)18-12-14-6-8-17-9-7-14/h6-9H,3-5,10-13H2,1-2H3,(H2,18,19,21). The highest BCUT2D eigenvalue weighted by atomic mass is 16.2. The maximum absolute atomic E-state index is 11.9. The number of hydrogen-bond acceptors (Lipinski definition) is 3. The first-order chi connectivity index (χ1) is 10.1. The highest BCUT2D eigenvalue weighted by molar-refractivity contribution is 5.73. The first kappa shape index (κ1) is 15.8. The lowest BCUT2D eigenvalue weighted by atomic mass is 9.98. The molecule has 21 heavy (non-hydrogen) atoms. The topological polar surface area (TPSA) is 57.3 Å². The molecular weight excluding hydrogens is 264 g/mol. The highest BCUT2D eigenvalue weighted by Gasteiger charge is 2.28. The average Bonchev–Trinajstić information content (AvgIpc) is 2.53. The second-order valence-corrected chi connectivity index (χ2v) is 6.25. The first-order valence-corrected chi connectivity index (χ1v) is 7.73. The van der Waals surface area contributed by atoms with Crippen molar-refractivity contribution < 1.29 is 4.79 Å². The van der Waals surface area contributed by atoms with Gasteiger partial charge in [-0.15, -0.1) is 0 Å². The van der Waals surface area contributed by atoms with Gasteiger partial charge in [0.15, 0.2) is 0 Å². The lowest BCUT2D eigenvalue weighted by Crippen LogP contribution is -2.54. The van der Waals surface area contributed by atoms with Crippen molar-refractivity contribution in [3.63, 3.8) is 0 Å². The predicted octanol–water partition coefficient (Wildman–Crippen LogP) is 2.15. The lowest BCUT2D eigenvalue weighted by molar-refractivity contribution is 0.0960. The van der Waals surface area contributed by atoms with E-state index in [9.17, 15) is 4.79 Å². The zero-order chi connectivity index (χ0) is 15.1. The molecule has 1 fully saturated rings. The molecule has 0 spiro atoms. The molecule has 0 radical (unpaired) electrons. The van der Waals surface area contributed by atoms with Gasteiger partial charge < -0.3 is 10.6 Å². The molecule has 1 saturated heterocycles. The number of rotatable bonds is 5. The number of nitrogens with one attached hydrogen (secondary N) is 2. The fourth-order valence-electron chi connectivity index (χ4n) is 2.65. The van der Waals surface area contributed by atoms with Crippen LogP contribution in [0, 0.1) is 0 Å². The monoisotopic (exact) mass is 290 g/mol. The van der Waals surface area contributed by atoms with Gasteiger partial charge in [0, 0.05) is 31.0 Å². The highest BCUT2D eigenvalue weighted by Crippen LogP contribution is 2.19. The van der Waals surface area contributed by atoms with E-state index in [1.54, 1.807) is 12.4 Å². The van der Waals surface area contributed by atoms with Gasteiger partial charge in [-0.25, -0.2) is 4.79 Å². The number of likely N-dealkylation sites (tertiary alicyclic amines) is 1. The number of nitrogens with zero attached hydrogens (tertiary/aromatic N) is 2. The number of urea groups is 1. The molecule has 2 N–H and O–H groups in total. The minimum atomic E-state index is -0.114. The van der Waals surface area contributed by atoms with Crippen molar-refractivity contribution in [2.45, 2.75) is 45.2 Å². The number of aromatic nitrogens is 1. The van der Waals surface area contributed by atoms with Crippen molar-refractivity contribution in [1.82, 2.24) is 20.5 Å². The Morgan fingerprint density at radius 2 is 1.86 bits per heavy atom. The van der Waals surface area contributed by atoms with E-state index in [0.717, 1.165) is 18.7 Å². The van der Waals surface area contributed by atoms with Crippen LogP contribution in [0.25, 0.3) is 0 Å². The smallest absolute Gasteiger partial charge is 0.315 e. The van der Waals surface area contributed by atoms with E-state index in [1.165, 1.54) is 19.3 Å². The molecule has 2 amide bonds. The summed E-state index contributed by atoms with van der Waals surface area (Å²) >= 11 is 0. The van der Waals surface area contributed by atoms with E-state index in [1.807, 2.05) is 12.1 Å². The molecule has 2 heterocycles. The number of hydrogen-bond donors (Lipinski definition) is 2. The molecule has 1 aromatic heterocycles. The second-order valence-electron chi connectivity index (χ2n) is 6.25. The van der Waals surface area contributed by atoms with Crippen LogP contribution in [0.5, 0.6) is 0 Å². The van der Waals surface area contributed by atoms with Crippen LogP contribution in [0.1, 0.15) is 38.7 Å². The summed E-state index contributed by atoms with van der Waals surface area (Å²) in [7, 11) is 0. The molecule has 0 unspecified atom stereocenters. The van der Waals surface area contributed by atoms with Crippen molar-refractivity contribution in [2.24, 2.45) is 0 Å². The van der Waals surface area contributed by atoms with E-state index in [4.69, 9.17) is 0 Å². The lowest BCUT2D eigenvalue weighted by Gasteiger charge is -2.41. The molecule has 1 aliphatic heterocycles. The Morgan fingerprint density at radius 1 is 1.19 bits per heavy atom. The number of carbonyl (C=O) groups is 1. The molecular formula is C16H26N4O. The Morgan fingerprint density at radius 3 is 2.52 bits per heavy atom. The largest absolute Gasteiger partial charge is 0.336 e. The molecule has 1 aromatic rings. The molecule has 5 heteroatoms. The Labute approximate surface area is 127 Å². The van der Waals surface area contributed by atoms with E-state index >= 15 is 0 Å². The Hall–Kier alpha value is -1.62. The summed E-state index contributed by atoms with van der Waals surface area (Å²) in [5, 5.41) is 5.86. The van der Waals surface area contributed by atoms with Crippen molar-refractivity contribution >= 4 is 6.03 Å². The zero-order valence-corrected chi connectivity index (χ0v) is 13.1. The van der Waals surface area contributed by atoms with E-state index in [2.05, 4.69) is 34.4 Å². The SMILES string of the molecule is CC(C)(CNC(=O)NCc1ccncc1)N1CCCCC1. The van der Waals surface area contributed by atoms with Crippen molar-refractivity contribution in [3.8, 4) is 0 Å². The Balaban J connectivity index is 1.72. The minimum Gasteiger partial charge on any atom is -0.336 e. The fourth-order valence-corrected chi connectivity index (χ4v) is 2.65. The van der Waals surface area contributed by atoms with Crippen LogP contribution in [0.4, 0.5) is 4.79 Å². The normalized spacial score (nSPS) is 16.5. The fraction of sp³-hybridized carbons (Fsp3) is 0.625. The summed E-state index contributed by atoms with van der Waals surface area (Å²) in [4.78, 5) is 18.3. The van der Waals surface area contributed by atoms with Crippen LogP contribution in [-0.4, -0.2) is 41.1 Å². The van der Waals surface area contributed by atoms with Crippen LogP contribution in [0.3, 0.4) is 0 Å². The third-order valence-electron chi connectivity index (χ3n) is 4.10. The Bertz CT molecular complexity index is 441. The number of pyridine rings is 1. The second kappa shape index (κ2) is 7.41. The van der Waals surface area contributed by atoms with Gasteiger partial charge in [-0.3, -0.25) is 9.88 Å². The van der Waals surface area contributed by atoms with Crippen LogP contribution in [0.15, 0.2) is 24.5 Å². The van der Waals surface area contributed by atoms with Gasteiger partial charge in [0.2, 0.25) is 0 Å². The van der Waals surface area contributed by atoms with Gasteiger partial charge in [0.1, 0.15) is 0 Å². The molecule has 5 nitrogen and oxygen atoms in total. The Kier molecular flexibility index (Phi) is 5.56. The van der Waals surface area contributed by atoms with Crippen molar-refractivity contribution in [1.29, 1.82) is 0 Å². The van der Waals surface area contributed by atoms with Crippen molar-refractivity contribution in [3.05, 3.63) is 30.1 Å². The predicted molar refractivity (Wildman–Crippen MR) is 84.0 cm³/mol. The van der Waals surface area contributed by atoms with Crippen LogP contribution in [-0.2, 0) is 6.54 Å². The van der Waals surface area contributed by atoms with Crippen molar-refractivity contribution in [2.75, 3.05) is 19.6 Å². The summed E-state index contributed by atoms with van der Waals surface area (Å²) in [6, 6.07) is 3.69. The van der Waals surface area contributed by atoms with Gasteiger partial charge in [0.25, 0.3) is 0 Å². The van der Waals surface area contributed by atoms with E-state index in [-0.39, 0.29) is 11.6 Å². The van der Waals surface area contributed by atoms with Crippen LogP contribution >= 0.6 is 0 Å². The molecule has 0 bridgehead atoms. The van der Waals surface area contributed by atoms with Gasteiger partial charge in [-0.05, 0) is 57.5 Å². The summed E-state index contributed by atoms with van der Waals surface area (Å²) < 4.78 is 0. The van der Waals surface area contributed by atoms with Crippen LogP contribution < -0.4 is 10.6 Å². The minimum absolute atomic E-state index is 0.00836. The molecule has 0 aromatic carbocycles. The van der Waals surface area contributed by atoms with E-state index in [0.29, 0.717) is 13.1 Å². The molecule has 0 atom stereocenters. The average molecular weight is 290 g/mol. The summed E-state index contributed by atoms with van der Waals surface area (Å²) in [5.41, 5.74) is 1.06. The molecule has 116 valence electrons. The molecule has 1 aliphatic rings.